The third-order valence-electron chi connectivity index (χ3n) is 3.26. The summed E-state index contributed by atoms with van der Waals surface area (Å²) in [4.78, 5) is 16.7. The van der Waals surface area contributed by atoms with E-state index in [1.54, 1.807) is 7.11 Å². The number of hydrogen-bond acceptors (Lipinski definition) is 3. The molecule has 2 atom stereocenters. The fourth-order valence-corrected chi connectivity index (χ4v) is 2.36. The van der Waals surface area contributed by atoms with Crippen molar-refractivity contribution in [3.8, 4) is 0 Å². The van der Waals surface area contributed by atoms with Crippen LogP contribution in [-0.4, -0.2) is 30.5 Å². The lowest BCUT2D eigenvalue weighted by Gasteiger charge is -2.38. The van der Waals surface area contributed by atoms with Crippen LogP contribution in [0.15, 0.2) is 28.8 Å². The normalized spacial score (nSPS) is 31.5. The van der Waals surface area contributed by atoms with E-state index < -0.39 is 5.54 Å². The third-order valence-corrected chi connectivity index (χ3v) is 3.26. The number of amides is 1. The van der Waals surface area contributed by atoms with Crippen molar-refractivity contribution < 1.29 is 9.53 Å². The van der Waals surface area contributed by atoms with Gasteiger partial charge in [0.05, 0.1) is 0 Å². The van der Waals surface area contributed by atoms with E-state index >= 15 is 0 Å². The molecule has 17 heavy (non-hydrogen) atoms. The molecule has 1 amide bonds. The second-order valence-electron chi connectivity index (χ2n) is 4.53. The molecule has 92 valence electrons. The van der Waals surface area contributed by atoms with Crippen molar-refractivity contribution in [2.75, 3.05) is 7.11 Å². The lowest BCUT2D eigenvalue weighted by atomic mass is 9.81. The number of aliphatic imine (C=N–C) groups is 1. The van der Waals surface area contributed by atoms with Gasteiger partial charge in [-0.3, -0.25) is 9.79 Å². The zero-order valence-electron chi connectivity index (χ0n) is 10.5. The topological polar surface area (TPSA) is 50.7 Å². The van der Waals surface area contributed by atoms with Gasteiger partial charge < -0.3 is 10.1 Å². The number of rotatable bonds is 3. The van der Waals surface area contributed by atoms with Gasteiger partial charge in [0.15, 0.2) is 0 Å². The number of ether oxygens (including phenoxy) is 1. The van der Waals surface area contributed by atoms with E-state index in [1.807, 2.05) is 25.2 Å². The summed E-state index contributed by atoms with van der Waals surface area (Å²) in [6.45, 7) is 4.02. The summed E-state index contributed by atoms with van der Waals surface area (Å²) >= 11 is 0. The molecule has 1 heterocycles. The molecule has 0 radical (unpaired) electrons. The Hall–Kier alpha value is -1.42. The van der Waals surface area contributed by atoms with Crippen LogP contribution in [-0.2, 0) is 9.53 Å². The number of nitrogens with one attached hydrogen (secondary N) is 1. The van der Waals surface area contributed by atoms with E-state index in [2.05, 4.69) is 17.2 Å². The van der Waals surface area contributed by atoms with Crippen LogP contribution in [0.3, 0.4) is 0 Å². The Balaban J connectivity index is 2.43. The first-order chi connectivity index (χ1) is 8.11. The molecular formula is C13H18N2O2. The highest BCUT2D eigenvalue weighted by Crippen LogP contribution is 2.34. The van der Waals surface area contributed by atoms with E-state index in [1.165, 1.54) is 0 Å². The van der Waals surface area contributed by atoms with Crippen LogP contribution in [0.4, 0.5) is 0 Å². The molecule has 1 N–H and O–H groups in total. The average Bonchev–Trinajstić information content (AvgIpc) is 2.28. The monoisotopic (exact) mass is 234 g/mol. The van der Waals surface area contributed by atoms with Crippen LogP contribution in [0.2, 0.25) is 0 Å². The van der Waals surface area contributed by atoms with Crippen molar-refractivity contribution in [3.63, 3.8) is 0 Å². The summed E-state index contributed by atoms with van der Waals surface area (Å²) < 4.78 is 5.42. The molecule has 4 nitrogen and oxygen atoms in total. The molecule has 0 saturated carbocycles. The van der Waals surface area contributed by atoms with Gasteiger partial charge in [-0.2, -0.15) is 0 Å². The first-order valence-corrected chi connectivity index (χ1v) is 5.93. The van der Waals surface area contributed by atoms with Crippen molar-refractivity contribution in [3.05, 3.63) is 23.8 Å². The Labute approximate surface area is 101 Å². The summed E-state index contributed by atoms with van der Waals surface area (Å²) in [7, 11) is 1.64. The maximum absolute atomic E-state index is 12.0. The number of nitrogens with zero attached hydrogens (tertiary/aromatic N) is 1. The Morgan fingerprint density at radius 1 is 1.59 bits per heavy atom. The van der Waals surface area contributed by atoms with Gasteiger partial charge in [-0.05, 0) is 13.3 Å². The van der Waals surface area contributed by atoms with Crippen LogP contribution >= 0.6 is 0 Å². The summed E-state index contributed by atoms with van der Waals surface area (Å²) in [5.74, 6) is 0.701. The van der Waals surface area contributed by atoms with E-state index in [0.717, 1.165) is 18.7 Å². The van der Waals surface area contributed by atoms with E-state index in [-0.39, 0.29) is 12.0 Å². The molecule has 4 heteroatoms. The molecule has 2 aliphatic rings. The van der Waals surface area contributed by atoms with Gasteiger partial charge >= 0.3 is 0 Å². The summed E-state index contributed by atoms with van der Waals surface area (Å²) in [5.41, 5.74) is 0.0859. The maximum Gasteiger partial charge on any atom is 0.255 e. The zero-order valence-corrected chi connectivity index (χ0v) is 10.5. The predicted octanol–water partition coefficient (Wildman–Crippen LogP) is 1.58. The van der Waals surface area contributed by atoms with Gasteiger partial charge in [0.25, 0.3) is 5.91 Å². The Kier molecular flexibility index (Phi) is 3.15. The second kappa shape index (κ2) is 4.45. The lowest BCUT2D eigenvalue weighted by Crippen LogP contribution is -2.52. The second-order valence-corrected chi connectivity index (χ2v) is 4.53. The van der Waals surface area contributed by atoms with Crippen LogP contribution in [0.25, 0.3) is 0 Å². The number of methoxy groups -OCH3 is 1. The predicted molar refractivity (Wildman–Crippen MR) is 66.9 cm³/mol. The Morgan fingerprint density at radius 3 is 3.00 bits per heavy atom. The molecule has 0 saturated heterocycles. The molecule has 0 fully saturated rings. The summed E-state index contributed by atoms with van der Waals surface area (Å²) in [6, 6.07) is 0. The zero-order chi connectivity index (χ0) is 12.5. The number of carbonyl (C=O) groups is 1. The minimum atomic E-state index is -0.587. The van der Waals surface area contributed by atoms with Crippen LogP contribution in [0.5, 0.6) is 0 Å². The smallest absolute Gasteiger partial charge is 0.255 e. The van der Waals surface area contributed by atoms with Crippen LogP contribution in [0, 0.1) is 0 Å². The van der Waals surface area contributed by atoms with Crippen molar-refractivity contribution in [1.29, 1.82) is 0 Å². The quantitative estimate of drug-likeness (QED) is 0.806. The largest absolute Gasteiger partial charge is 0.374 e. The standard InChI is InChI=1S/C13H18N2O2/c1-4-6-11-14-12(16)9-7-5-8-10(17-3)13(9,2)15-11/h5,7-8,10H,4,6H2,1-3H3,(H,14,15,16). The van der Waals surface area contributed by atoms with Crippen molar-refractivity contribution in [2.24, 2.45) is 4.99 Å². The van der Waals surface area contributed by atoms with Crippen molar-refractivity contribution in [2.45, 2.75) is 38.3 Å². The average molecular weight is 234 g/mol. The number of carbonyl (C=O) groups excluding carboxylic acids is 1. The van der Waals surface area contributed by atoms with Crippen LogP contribution in [0.1, 0.15) is 26.7 Å². The van der Waals surface area contributed by atoms with Gasteiger partial charge in [0, 0.05) is 19.1 Å². The Morgan fingerprint density at radius 2 is 2.35 bits per heavy atom. The Bertz CT molecular complexity index is 423. The first-order valence-electron chi connectivity index (χ1n) is 5.93. The third kappa shape index (κ3) is 1.93. The van der Waals surface area contributed by atoms with Gasteiger partial charge in [0.1, 0.15) is 17.5 Å². The fraction of sp³-hybridized carbons (Fsp3) is 0.538. The molecular weight excluding hydrogens is 216 g/mol. The summed E-state index contributed by atoms with van der Waals surface area (Å²) in [6.07, 6.45) is 7.17. The SMILES string of the molecule is CCCC1=NC2(C)C(=CC=CC2OC)C(=O)N1. The number of amidine groups is 1. The molecule has 1 aliphatic heterocycles. The van der Waals surface area contributed by atoms with E-state index in [4.69, 9.17) is 4.74 Å². The van der Waals surface area contributed by atoms with Crippen molar-refractivity contribution in [1.82, 2.24) is 5.32 Å². The van der Waals surface area contributed by atoms with Gasteiger partial charge in [-0.1, -0.05) is 25.2 Å². The maximum atomic E-state index is 12.0. The van der Waals surface area contributed by atoms with E-state index in [0.29, 0.717) is 5.57 Å². The highest BCUT2D eigenvalue weighted by Gasteiger charge is 2.44. The minimum Gasteiger partial charge on any atom is -0.374 e. The molecule has 0 aromatic carbocycles. The van der Waals surface area contributed by atoms with Crippen molar-refractivity contribution >= 4 is 11.7 Å². The molecule has 0 aromatic heterocycles. The lowest BCUT2D eigenvalue weighted by molar-refractivity contribution is -0.117. The minimum absolute atomic E-state index is 0.0580. The fourth-order valence-electron chi connectivity index (χ4n) is 2.36. The van der Waals surface area contributed by atoms with Crippen LogP contribution < -0.4 is 5.32 Å². The molecule has 0 spiro atoms. The molecule has 1 aliphatic carbocycles. The highest BCUT2D eigenvalue weighted by molar-refractivity contribution is 6.10. The number of allylic oxidation sites excluding steroid dienone is 2. The number of fused-ring (bicyclic) bond motifs is 1. The van der Waals surface area contributed by atoms with Gasteiger partial charge in [-0.15, -0.1) is 0 Å². The highest BCUT2D eigenvalue weighted by atomic mass is 16.5. The molecule has 2 unspecified atom stereocenters. The molecule has 0 bridgehead atoms. The van der Waals surface area contributed by atoms with E-state index in [9.17, 15) is 4.79 Å². The summed E-state index contributed by atoms with van der Waals surface area (Å²) in [5, 5.41) is 2.84. The molecule has 0 aromatic rings. The van der Waals surface area contributed by atoms with Gasteiger partial charge in [-0.25, -0.2) is 0 Å². The number of hydrogen-bond donors (Lipinski definition) is 1. The first kappa shape index (κ1) is 12.0. The molecule has 2 rings (SSSR count). The van der Waals surface area contributed by atoms with Gasteiger partial charge in [0.2, 0.25) is 0 Å².